The number of carbonyl (C=O) groups excluding carboxylic acids is 1. The normalized spacial score (nSPS) is 11.7. The molecule has 0 aliphatic heterocycles. The second kappa shape index (κ2) is 6.82. The second-order valence-electron chi connectivity index (χ2n) is 4.95. The summed E-state index contributed by atoms with van der Waals surface area (Å²) in [5.41, 5.74) is -6.13. The van der Waals surface area contributed by atoms with Crippen LogP contribution in [0.3, 0.4) is 0 Å². The van der Waals surface area contributed by atoms with Crippen molar-refractivity contribution in [3.05, 3.63) is 22.5 Å². The topological polar surface area (TPSA) is 79.6 Å². The van der Waals surface area contributed by atoms with Gasteiger partial charge in [-0.25, -0.2) is 23.4 Å². The molecule has 5 nitrogen and oxygen atoms in total. The number of hydrogen-bond acceptors (Lipinski definition) is 4. The van der Waals surface area contributed by atoms with Crippen LogP contribution >= 0.6 is 0 Å². The third-order valence-corrected chi connectivity index (χ3v) is 2.76. The van der Waals surface area contributed by atoms with Gasteiger partial charge >= 0.3 is 12.1 Å². The molecule has 0 spiro atoms. The molecule has 0 aliphatic carbocycles. The van der Waals surface area contributed by atoms with Crippen molar-refractivity contribution in [2.45, 2.75) is 32.9 Å². The van der Waals surface area contributed by atoms with Gasteiger partial charge in [0.1, 0.15) is 11.4 Å². The van der Waals surface area contributed by atoms with E-state index in [1.807, 2.05) is 0 Å². The van der Waals surface area contributed by atoms with Gasteiger partial charge in [0, 0.05) is 0 Å². The largest absolute Gasteiger partial charge is 0.478 e. The predicted molar refractivity (Wildman–Crippen MR) is 67.5 cm³/mol. The lowest BCUT2D eigenvalue weighted by molar-refractivity contribution is -0.142. The van der Waals surface area contributed by atoms with Crippen LogP contribution < -0.4 is 0 Å². The first-order chi connectivity index (χ1) is 10.5. The molecule has 1 heterocycles. The monoisotopic (exact) mass is 338 g/mol. The molecule has 0 unspecified atom stereocenters. The van der Waals surface area contributed by atoms with E-state index in [9.17, 15) is 31.5 Å². The zero-order chi connectivity index (χ0) is 17.9. The summed E-state index contributed by atoms with van der Waals surface area (Å²) in [6, 6.07) is 0. The second-order valence-corrected chi connectivity index (χ2v) is 4.95. The van der Waals surface area contributed by atoms with Crippen molar-refractivity contribution in [1.82, 2.24) is 4.98 Å². The van der Waals surface area contributed by atoms with Gasteiger partial charge in [-0.3, -0.25) is 0 Å². The molecule has 0 saturated heterocycles. The number of pyridine rings is 1. The molecular weight excluding hydrogens is 327 g/mol. The van der Waals surface area contributed by atoms with Crippen LogP contribution in [0.5, 0.6) is 0 Å². The number of rotatable bonds is 5. The number of aromatic nitrogens is 1. The van der Waals surface area contributed by atoms with Gasteiger partial charge in [-0.2, -0.15) is 18.2 Å². The van der Waals surface area contributed by atoms with Crippen LogP contribution in [0.1, 0.15) is 47.6 Å². The molecule has 0 radical (unpaired) electrons. The molecule has 0 bridgehead atoms. The third kappa shape index (κ3) is 4.10. The van der Waals surface area contributed by atoms with Crippen molar-refractivity contribution in [3.63, 3.8) is 0 Å². The maximum absolute atomic E-state index is 13.0. The number of halogens is 5. The summed E-state index contributed by atoms with van der Waals surface area (Å²) in [7, 11) is 0. The van der Waals surface area contributed by atoms with E-state index in [2.05, 4.69) is 9.98 Å². The molecule has 0 aromatic carbocycles. The summed E-state index contributed by atoms with van der Waals surface area (Å²) in [5.74, 6) is -2.38. The molecule has 0 fully saturated rings. The lowest BCUT2D eigenvalue weighted by Crippen LogP contribution is -2.20. The van der Waals surface area contributed by atoms with Crippen molar-refractivity contribution in [2.75, 3.05) is 0 Å². The van der Waals surface area contributed by atoms with Gasteiger partial charge in [0.05, 0.1) is 5.56 Å². The lowest BCUT2D eigenvalue weighted by Gasteiger charge is -2.18. The van der Waals surface area contributed by atoms with Crippen molar-refractivity contribution in [3.8, 4) is 0 Å². The number of carboxylic acid groups (broad SMARTS) is 1. The van der Waals surface area contributed by atoms with E-state index in [0.29, 0.717) is 0 Å². The highest BCUT2D eigenvalue weighted by atomic mass is 19.4. The molecule has 1 aromatic heterocycles. The lowest BCUT2D eigenvalue weighted by atomic mass is 9.94. The Morgan fingerprint density at radius 3 is 2.26 bits per heavy atom. The Kier molecular flexibility index (Phi) is 5.55. The molecule has 23 heavy (non-hydrogen) atoms. The van der Waals surface area contributed by atoms with Crippen molar-refractivity contribution in [1.29, 1.82) is 0 Å². The van der Waals surface area contributed by atoms with Crippen molar-refractivity contribution >= 4 is 17.7 Å². The van der Waals surface area contributed by atoms with Crippen LogP contribution in [0.4, 0.5) is 27.6 Å². The number of aromatic carboxylic acids is 1. The number of aliphatic imine (C=N–C) groups is 1. The van der Waals surface area contributed by atoms with Crippen LogP contribution in [-0.2, 0) is 17.4 Å². The molecule has 10 heteroatoms. The molecule has 0 amide bonds. The van der Waals surface area contributed by atoms with Gasteiger partial charge in [0.25, 0.3) is 6.43 Å². The van der Waals surface area contributed by atoms with E-state index in [-0.39, 0.29) is 12.3 Å². The van der Waals surface area contributed by atoms with E-state index >= 15 is 0 Å². The van der Waals surface area contributed by atoms with Crippen LogP contribution in [0.15, 0.2) is 4.99 Å². The summed E-state index contributed by atoms with van der Waals surface area (Å²) in [5, 5.41) is 9.08. The first-order valence-corrected chi connectivity index (χ1v) is 6.23. The summed E-state index contributed by atoms with van der Waals surface area (Å²) in [6.07, 6.45) is -8.10. The van der Waals surface area contributed by atoms with E-state index < -0.39 is 46.8 Å². The fourth-order valence-corrected chi connectivity index (χ4v) is 2.01. The van der Waals surface area contributed by atoms with E-state index in [0.717, 1.165) is 6.08 Å². The average Bonchev–Trinajstić information content (AvgIpc) is 2.37. The number of alkyl halides is 5. The van der Waals surface area contributed by atoms with Gasteiger partial charge < -0.3 is 5.11 Å². The summed E-state index contributed by atoms with van der Waals surface area (Å²) in [6.45, 7) is 3.07. The minimum Gasteiger partial charge on any atom is -0.478 e. The number of nitrogens with zero attached hydrogens (tertiary/aromatic N) is 2. The Morgan fingerprint density at radius 1 is 1.35 bits per heavy atom. The van der Waals surface area contributed by atoms with Crippen LogP contribution in [0, 0.1) is 5.92 Å². The molecule has 0 atom stereocenters. The molecule has 0 saturated carbocycles. The Balaban J connectivity index is 4.00. The van der Waals surface area contributed by atoms with E-state index in [4.69, 9.17) is 5.11 Å². The predicted octanol–water partition coefficient (Wildman–Crippen LogP) is 3.90. The summed E-state index contributed by atoms with van der Waals surface area (Å²) >= 11 is 0. The zero-order valence-corrected chi connectivity index (χ0v) is 11.9. The standard InChI is InChI=1S/C13H11F5N2O3/c1-5(2)3-6-7(12(22)23)10(13(16,17)18)20-9(11(14)15)8(6)19-4-21/h5,11H,3H2,1-2H3,(H,22,23). The highest BCUT2D eigenvalue weighted by Gasteiger charge is 2.41. The Morgan fingerprint density at radius 2 is 1.91 bits per heavy atom. The summed E-state index contributed by atoms with van der Waals surface area (Å²) < 4.78 is 65.0. The highest BCUT2D eigenvalue weighted by molar-refractivity contribution is 5.93. The maximum atomic E-state index is 13.0. The van der Waals surface area contributed by atoms with Gasteiger partial charge in [-0.05, 0) is 17.9 Å². The Hall–Kier alpha value is -2.35. The fourth-order valence-electron chi connectivity index (χ4n) is 2.01. The van der Waals surface area contributed by atoms with E-state index in [1.54, 1.807) is 0 Å². The third-order valence-electron chi connectivity index (χ3n) is 2.76. The highest BCUT2D eigenvalue weighted by Crippen LogP contribution is 2.40. The van der Waals surface area contributed by atoms with Crippen molar-refractivity contribution in [2.24, 2.45) is 10.9 Å². The fraction of sp³-hybridized carbons (Fsp3) is 0.462. The first-order valence-electron chi connectivity index (χ1n) is 6.23. The number of isocyanates is 1. The number of carboxylic acids is 1. The quantitative estimate of drug-likeness (QED) is 0.502. The Bertz CT molecular complexity index is 665. The van der Waals surface area contributed by atoms with Crippen LogP contribution in [0.25, 0.3) is 0 Å². The Labute approximate surface area is 126 Å². The molecule has 126 valence electrons. The van der Waals surface area contributed by atoms with Gasteiger partial charge in [-0.1, -0.05) is 13.8 Å². The first kappa shape index (κ1) is 18.7. The van der Waals surface area contributed by atoms with Gasteiger partial charge in [0.2, 0.25) is 6.08 Å². The minimum atomic E-state index is -5.26. The molecule has 1 aromatic rings. The molecular formula is C13H11F5N2O3. The molecule has 0 aliphatic rings. The van der Waals surface area contributed by atoms with Gasteiger partial charge in [0.15, 0.2) is 5.69 Å². The molecule has 1 rings (SSSR count). The van der Waals surface area contributed by atoms with Crippen LogP contribution in [-0.4, -0.2) is 22.1 Å². The number of carbonyl (C=O) groups is 1. The van der Waals surface area contributed by atoms with Crippen LogP contribution in [0.2, 0.25) is 0 Å². The van der Waals surface area contributed by atoms with Crippen molar-refractivity contribution < 1.29 is 36.6 Å². The summed E-state index contributed by atoms with van der Waals surface area (Å²) in [4.78, 5) is 27.3. The van der Waals surface area contributed by atoms with Gasteiger partial charge in [-0.15, -0.1) is 0 Å². The maximum Gasteiger partial charge on any atom is 0.434 e. The van der Waals surface area contributed by atoms with E-state index in [1.165, 1.54) is 13.8 Å². The minimum absolute atomic E-state index is 0.312. The molecule has 1 N–H and O–H groups in total. The smallest absolute Gasteiger partial charge is 0.434 e. The zero-order valence-electron chi connectivity index (χ0n) is 11.9. The average molecular weight is 338 g/mol. The SMILES string of the molecule is CC(C)Cc1c(N=C=O)c(C(F)F)nc(C(F)(F)F)c1C(=O)O. The number of hydrogen-bond donors (Lipinski definition) is 1.